The van der Waals surface area contributed by atoms with Crippen LogP contribution in [-0.2, 0) is 0 Å². The van der Waals surface area contributed by atoms with Crippen LogP contribution in [0.4, 0.5) is 0 Å². The zero-order valence-electron chi connectivity index (χ0n) is 3.63. The maximum atomic E-state index is 3.64. The Bertz CT molecular complexity index is 81.6. The molecule has 1 aromatic heterocycles. The van der Waals surface area contributed by atoms with E-state index in [-0.39, 0.29) is 31.1 Å². The Hall–Kier alpha value is 0.132. The summed E-state index contributed by atoms with van der Waals surface area (Å²) in [4.78, 5) is 7.19. The van der Waals surface area contributed by atoms with E-state index in [1.807, 2.05) is 0 Å². The van der Waals surface area contributed by atoms with Crippen molar-refractivity contribution in [2.45, 2.75) is 0 Å². The van der Waals surface area contributed by atoms with E-state index in [9.17, 15) is 0 Å². The Morgan fingerprint density at radius 2 is 2.29 bits per heavy atom. The number of aromatic nitrogens is 2. The molecule has 0 unspecified atom stereocenters. The van der Waals surface area contributed by atoms with Crippen LogP contribution in [0.1, 0.15) is 0 Å². The summed E-state index contributed by atoms with van der Waals surface area (Å²) in [7, 11) is 0. The summed E-state index contributed by atoms with van der Waals surface area (Å²) in [6.45, 7) is 0. The van der Waals surface area contributed by atoms with Crippen molar-refractivity contribution in [3.05, 3.63) is 24.8 Å². The van der Waals surface area contributed by atoms with Gasteiger partial charge in [0, 0.05) is 31.1 Å². The van der Waals surface area contributed by atoms with Crippen molar-refractivity contribution in [2.75, 3.05) is 0 Å². The normalized spacial score (nSPS) is 6.86. The molecule has 0 bridgehead atoms. The minimum atomic E-state index is 0. The molecule has 0 saturated heterocycles. The molecule has 3 heteroatoms. The summed E-state index contributed by atoms with van der Waals surface area (Å²) in [6.07, 6.45) is 5.66. The molecule has 1 rings (SSSR count). The molecule has 34 valence electrons. The summed E-state index contributed by atoms with van der Waals surface area (Å²) in [5.41, 5.74) is 0. The Morgan fingerprint density at radius 1 is 1.43 bits per heavy atom. The van der Waals surface area contributed by atoms with Crippen LogP contribution < -0.4 is 0 Å². The Labute approximate surface area is 65.8 Å². The smallest absolute Gasteiger partial charge is 0 e. The molecule has 0 aliphatic heterocycles. The minimum Gasteiger partial charge on any atom is -0.376 e. The number of nitrogens with zero attached hydrogens (tertiary/aromatic N) is 2. The van der Waals surface area contributed by atoms with Gasteiger partial charge in [0.2, 0.25) is 0 Å². The molecule has 0 fully saturated rings. The molecule has 1 heterocycles. The van der Waals surface area contributed by atoms with Gasteiger partial charge < -0.3 is 9.97 Å². The molecule has 0 aliphatic carbocycles. The Morgan fingerprint density at radius 3 is 2.43 bits per heavy atom. The third-order valence-corrected chi connectivity index (χ3v) is 0.434. The molecule has 0 saturated carbocycles. The third kappa shape index (κ3) is 2.78. The van der Waals surface area contributed by atoms with Crippen molar-refractivity contribution in [1.82, 2.24) is 9.97 Å². The standard InChI is InChI=1S/C4H3N2.U/c1-2-5-4-6-3-1;/h1-2,4H;/q-1;. The number of hydrogen-bond acceptors (Lipinski definition) is 2. The molecule has 0 amide bonds. The van der Waals surface area contributed by atoms with Gasteiger partial charge in [-0.1, -0.05) is 12.4 Å². The van der Waals surface area contributed by atoms with Crippen molar-refractivity contribution >= 4 is 0 Å². The van der Waals surface area contributed by atoms with Gasteiger partial charge >= 0.3 is 0 Å². The van der Waals surface area contributed by atoms with Gasteiger partial charge in [0.25, 0.3) is 0 Å². The zero-order valence-corrected chi connectivity index (χ0v) is 7.79. The summed E-state index contributed by atoms with van der Waals surface area (Å²) < 4.78 is 0. The quantitative estimate of drug-likeness (QED) is 0.642. The first-order chi connectivity index (χ1) is 3.00. The summed E-state index contributed by atoms with van der Waals surface area (Å²) in [5.74, 6) is 0. The fourth-order valence-corrected chi connectivity index (χ4v) is 0.225. The number of hydrogen-bond donors (Lipinski definition) is 0. The molecular formula is C4H3N2U-. The average molecular weight is 317 g/mol. The van der Waals surface area contributed by atoms with Gasteiger partial charge in [-0.2, -0.15) is 0 Å². The topological polar surface area (TPSA) is 25.8 Å². The van der Waals surface area contributed by atoms with E-state index in [4.69, 9.17) is 0 Å². The van der Waals surface area contributed by atoms with Gasteiger partial charge in [0.15, 0.2) is 0 Å². The first-order valence-electron chi connectivity index (χ1n) is 1.62. The van der Waals surface area contributed by atoms with Crippen molar-refractivity contribution in [3.63, 3.8) is 0 Å². The number of rotatable bonds is 0. The fraction of sp³-hybridized carbons (Fsp3) is 0. The second kappa shape index (κ2) is 4.30. The van der Waals surface area contributed by atoms with E-state index in [0.29, 0.717) is 0 Å². The van der Waals surface area contributed by atoms with Crippen LogP contribution in [0.3, 0.4) is 0 Å². The average Bonchev–Trinajstić information content (AvgIpc) is 1.72. The summed E-state index contributed by atoms with van der Waals surface area (Å²) in [5, 5.41) is 0. The predicted molar refractivity (Wildman–Crippen MR) is 20.9 cm³/mol. The second-order valence-electron chi connectivity index (χ2n) is 0.838. The first kappa shape index (κ1) is 7.13. The largest absolute Gasteiger partial charge is 0.376 e. The van der Waals surface area contributed by atoms with Gasteiger partial charge in [0.1, 0.15) is 0 Å². The SMILES string of the molecule is [U].[c-]1ccncn1. The van der Waals surface area contributed by atoms with E-state index in [2.05, 4.69) is 16.2 Å². The van der Waals surface area contributed by atoms with Crippen LogP contribution in [0.15, 0.2) is 18.6 Å². The van der Waals surface area contributed by atoms with E-state index >= 15 is 0 Å². The molecule has 0 N–H and O–H groups in total. The molecular weight excluding hydrogens is 314 g/mol. The van der Waals surface area contributed by atoms with Gasteiger partial charge in [-0.05, 0) is 6.33 Å². The van der Waals surface area contributed by atoms with Crippen LogP contribution in [0.25, 0.3) is 0 Å². The van der Waals surface area contributed by atoms with Gasteiger partial charge in [-0.25, -0.2) is 0 Å². The van der Waals surface area contributed by atoms with Crippen molar-refractivity contribution in [1.29, 1.82) is 0 Å². The van der Waals surface area contributed by atoms with E-state index in [0.717, 1.165) is 0 Å². The van der Waals surface area contributed by atoms with Crippen LogP contribution in [0.2, 0.25) is 0 Å². The molecule has 0 aliphatic rings. The Balaban J connectivity index is 0.000000360. The first-order valence-corrected chi connectivity index (χ1v) is 1.62. The second-order valence-corrected chi connectivity index (χ2v) is 0.838. The monoisotopic (exact) mass is 317 g/mol. The van der Waals surface area contributed by atoms with E-state index in [1.165, 1.54) is 6.33 Å². The zero-order chi connectivity index (χ0) is 4.24. The molecule has 1 aromatic rings. The van der Waals surface area contributed by atoms with Gasteiger partial charge in [-0.3, -0.25) is 0 Å². The predicted octanol–water partition coefficient (Wildman–Crippen LogP) is 0.277. The van der Waals surface area contributed by atoms with Crippen LogP contribution in [0.5, 0.6) is 0 Å². The minimum absolute atomic E-state index is 0. The van der Waals surface area contributed by atoms with Crippen LogP contribution in [-0.4, -0.2) is 9.97 Å². The van der Waals surface area contributed by atoms with Crippen molar-refractivity contribution in [3.8, 4) is 0 Å². The summed E-state index contributed by atoms with van der Waals surface area (Å²) in [6, 6.07) is 1.65. The van der Waals surface area contributed by atoms with Crippen LogP contribution >= 0.6 is 0 Å². The van der Waals surface area contributed by atoms with E-state index < -0.39 is 0 Å². The van der Waals surface area contributed by atoms with Gasteiger partial charge in [0.05, 0.1) is 0 Å². The molecule has 0 aromatic carbocycles. The molecule has 0 radical (unpaired) electrons. The van der Waals surface area contributed by atoms with Crippen molar-refractivity contribution < 1.29 is 31.1 Å². The van der Waals surface area contributed by atoms with Gasteiger partial charge in [-0.15, -0.1) is 6.07 Å². The maximum Gasteiger partial charge on any atom is 0 e. The molecule has 2 nitrogen and oxygen atoms in total. The van der Waals surface area contributed by atoms with Crippen LogP contribution in [0, 0.1) is 37.3 Å². The molecule has 7 heavy (non-hydrogen) atoms. The summed E-state index contributed by atoms with van der Waals surface area (Å²) >= 11 is 0. The molecule has 0 spiro atoms. The fourth-order valence-electron chi connectivity index (χ4n) is 0.225. The Kier molecular flexibility index (Phi) is 4.38. The third-order valence-electron chi connectivity index (χ3n) is 0.434. The maximum absolute atomic E-state index is 3.64. The molecule has 0 atom stereocenters. The van der Waals surface area contributed by atoms with E-state index in [1.54, 1.807) is 12.3 Å². The van der Waals surface area contributed by atoms with Crippen molar-refractivity contribution in [2.24, 2.45) is 0 Å².